The van der Waals surface area contributed by atoms with Crippen LogP contribution in [0.3, 0.4) is 0 Å². The fourth-order valence-corrected chi connectivity index (χ4v) is 6.83. The predicted molar refractivity (Wildman–Crippen MR) is 241 cm³/mol. The van der Waals surface area contributed by atoms with Crippen LogP contribution in [0, 0.1) is 0 Å². The Morgan fingerprint density at radius 3 is 1.48 bits per heavy atom. The van der Waals surface area contributed by atoms with Gasteiger partial charge in [-0.1, -0.05) is 197 Å². The Morgan fingerprint density at radius 2 is 0.964 bits per heavy atom. The van der Waals surface area contributed by atoms with Gasteiger partial charge in [0.05, 0.1) is 25.2 Å². The van der Waals surface area contributed by atoms with Crippen LogP contribution in [0.15, 0.2) is 60.8 Å². The number of hydrogen-bond acceptors (Lipinski definition) is 5. The number of rotatable bonds is 41. The summed E-state index contributed by atoms with van der Waals surface area (Å²) in [6.45, 7) is 6.30. The third-order valence-corrected chi connectivity index (χ3v) is 10.4. The van der Waals surface area contributed by atoms with E-state index in [4.69, 9.17) is 4.74 Å². The zero-order valence-corrected chi connectivity index (χ0v) is 36.8. The summed E-state index contributed by atoms with van der Waals surface area (Å²) in [6.07, 6.45) is 52.8. The van der Waals surface area contributed by atoms with Crippen molar-refractivity contribution in [2.45, 2.75) is 238 Å². The van der Waals surface area contributed by atoms with Gasteiger partial charge < -0.3 is 20.3 Å². The van der Waals surface area contributed by atoms with Gasteiger partial charge in [-0.25, -0.2) is 0 Å². The summed E-state index contributed by atoms with van der Waals surface area (Å²) in [5.74, 6) is -0.544. The van der Waals surface area contributed by atoms with Gasteiger partial charge in [0.2, 0.25) is 5.91 Å². The molecule has 3 N–H and O–H groups in total. The highest BCUT2D eigenvalue weighted by Crippen LogP contribution is 2.17. The normalized spacial score (nSPS) is 13.9. The van der Waals surface area contributed by atoms with Crippen molar-refractivity contribution in [3.63, 3.8) is 0 Å². The van der Waals surface area contributed by atoms with E-state index in [9.17, 15) is 19.8 Å². The molecule has 1 amide bonds. The average Bonchev–Trinajstić information content (AvgIpc) is 3.19. The molecule has 0 aromatic heterocycles. The number of carbonyl (C=O) groups is 2. The van der Waals surface area contributed by atoms with Crippen LogP contribution in [0.5, 0.6) is 0 Å². The van der Waals surface area contributed by atoms with E-state index >= 15 is 0 Å². The lowest BCUT2D eigenvalue weighted by Crippen LogP contribution is -2.46. The highest BCUT2D eigenvalue weighted by atomic mass is 16.5. The first-order valence-electron chi connectivity index (χ1n) is 23.6. The third kappa shape index (κ3) is 38.4. The summed E-state index contributed by atoms with van der Waals surface area (Å²) in [6, 6.07) is -0.717. The minimum absolute atomic E-state index is 0.0421. The second-order valence-electron chi connectivity index (χ2n) is 15.9. The number of carbonyl (C=O) groups excluding carboxylic acids is 2. The number of allylic oxidation sites excluding steroid dienone is 10. The molecule has 0 rings (SSSR count). The van der Waals surface area contributed by atoms with Crippen LogP contribution >= 0.6 is 0 Å². The van der Waals surface area contributed by atoms with Crippen LogP contribution < -0.4 is 5.32 Å². The van der Waals surface area contributed by atoms with Crippen molar-refractivity contribution < 1.29 is 24.5 Å². The van der Waals surface area contributed by atoms with Crippen molar-refractivity contribution >= 4 is 11.9 Å². The van der Waals surface area contributed by atoms with E-state index in [1.165, 1.54) is 89.9 Å². The van der Waals surface area contributed by atoms with Crippen molar-refractivity contribution in [3.05, 3.63) is 60.8 Å². The monoisotopic (exact) mass is 784 g/mol. The first-order valence-corrected chi connectivity index (χ1v) is 23.6. The van der Waals surface area contributed by atoms with Crippen molar-refractivity contribution in [1.82, 2.24) is 5.32 Å². The fraction of sp³-hybridized carbons (Fsp3) is 0.760. The molecule has 56 heavy (non-hydrogen) atoms. The number of hydrogen-bond donors (Lipinski definition) is 3. The first kappa shape index (κ1) is 53.6. The molecule has 3 atom stereocenters. The van der Waals surface area contributed by atoms with Crippen LogP contribution in [-0.4, -0.2) is 46.9 Å². The van der Waals surface area contributed by atoms with E-state index in [2.05, 4.69) is 74.7 Å². The Kier molecular flexibility index (Phi) is 41.8. The SMILES string of the molecule is CC/C=C/C=C/C=C\CCCCCC(CC(=O)NC(CO)C(O)CCCCCCCCCCCC)OC(=O)CCCCC/C=C/C=C/CCCCCCCCC. The molecule has 324 valence electrons. The fourth-order valence-electron chi connectivity index (χ4n) is 6.83. The molecule has 0 aliphatic heterocycles. The Labute approximate surface area is 346 Å². The van der Waals surface area contributed by atoms with Crippen LogP contribution in [0.4, 0.5) is 0 Å². The zero-order chi connectivity index (χ0) is 41.0. The summed E-state index contributed by atoms with van der Waals surface area (Å²) in [5, 5.41) is 23.6. The second-order valence-corrected chi connectivity index (χ2v) is 15.9. The third-order valence-electron chi connectivity index (χ3n) is 10.4. The quantitative estimate of drug-likeness (QED) is 0.0326. The average molecular weight is 784 g/mol. The number of amides is 1. The second kappa shape index (κ2) is 43.7. The van der Waals surface area contributed by atoms with Gasteiger partial charge in [-0.15, -0.1) is 0 Å². The number of unbranched alkanes of at least 4 members (excludes halogenated alkanes) is 22. The maximum absolute atomic E-state index is 13.1. The lowest BCUT2D eigenvalue weighted by molar-refractivity contribution is -0.151. The molecule has 0 aromatic carbocycles. The number of nitrogens with one attached hydrogen (secondary N) is 1. The minimum atomic E-state index is -0.801. The Balaban J connectivity index is 4.65. The van der Waals surface area contributed by atoms with E-state index in [1.807, 2.05) is 12.2 Å². The molecule has 3 unspecified atom stereocenters. The van der Waals surface area contributed by atoms with E-state index in [0.717, 1.165) is 83.5 Å². The smallest absolute Gasteiger partial charge is 0.306 e. The molecule has 0 spiro atoms. The molecule has 0 fully saturated rings. The molecule has 0 aliphatic rings. The van der Waals surface area contributed by atoms with E-state index < -0.39 is 18.2 Å². The van der Waals surface area contributed by atoms with E-state index in [0.29, 0.717) is 19.3 Å². The van der Waals surface area contributed by atoms with Gasteiger partial charge >= 0.3 is 5.97 Å². The van der Waals surface area contributed by atoms with Gasteiger partial charge in [0.15, 0.2) is 0 Å². The highest BCUT2D eigenvalue weighted by Gasteiger charge is 2.24. The van der Waals surface area contributed by atoms with Crippen molar-refractivity contribution in [1.29, 1.82) is 0 Å². The molecule has 6 nitrogen and oxygen atoms in total. The zero-order valence-electron chi connectivity index (χ0n) is 36.8. The molecule has 0 saturated heterocycles. The Bertz CT molecular complexity index is 1010. The molecule has 0 aliphatic carbocycles. The van der Waals surface area contributed by atoms with Gasteiger partial charge in [-0.05, 0) is 70.6 Å². The Morgan fingerprint density at radius 1 is 0.536 bits per heavy atom. The largest absolute Gasteiger partial charge is 0.462 e. The topological polar surface area (TPSA) is 95.9 Å². The predicted octanol–water partition coefficient (Wildman–Crippen LogP) is 13.7. The number of aliphatic hydroxyl groups excluding tert-OH is 2. The standard InChI is InChI=1S/C50H89NO5/c1-4-7-10-13-16-19-22-23-24-25-26-28-31-34-37-40-43-50(55)56-46(41-38-35-32-29-27-20-17-14-11-8-5-2)44-49(54)51-47(45-52)48(53)42-39-36-33-30-21-18-15-12-9-6-3/h8,11,14,17,20,24-28,46-48,52-53H,4-7,9-10,12-13,15-16,18-19,21-23,29-45H2,1-3H3,(H,51,54)/b11-8+,17-14+,25-24+,27-20-,28-26+. The van der Waals surface area contributed by atoms with E-state index in [1.54, 1.807) is 0 Å². The van der Waals surface area contributed by atoms with Crippen LogP contribution in [0.25, 0.3) is 0 Å². The number of ether oxygens (including phenoxy) is 1. The maximum Gasteiger partial charge on any atom is 0.306 e. The molecule has 0 aromatic rings. The van der Waals surface area contributed by atoms with Crippen LogP contribution in [0.1, 0.15) is 220 Å². The van der Waals surface area contributed by atoms with Crippen LogP contribution in [-0.2, 0) is 14.3 Å². The number of esters is 1. The molecular formula is C50H89NO5. The van der Waals surface area contributed by atoms with Gasteiger partial charge in [-0.2, -0.15) is 0 Å². The lowest BCUT2D eigenvalue weighted by Gasteiger charge is -2.24. The summed E-state index contributed by atoms with van der Waals surface area (Å²) in [4.78, 5) is 26.0. The molecule has 6 heteroatoms. The van der Waals surface area contributed by atoms with Gasteiger partial charge in [0.1, 0.15) is 6.10 Å². The highest BCUT2D eigenvalue weighted by molar-refractivity contribution is 5.77. The maximum atomic E-state index is 13.1. The van der Waals surface area contributed by atoms with Gasteiger partial charge in [0, 0.05) is 6.42 Å². The summed E-state index contributed by atoms with van der Waals surface area (Å²) in [7, 11) is 0. The summed E-state index contributed by atoms with van der Waals surface area (Å²) < 4.78 is 5.87. The summed E-state index contributed by atoms with van der Waals surface area (Å²) in [5.41, 5.74) is 0. The Hall–Kier alpha value is -2.44. The van der Waals surface area contributed by atoms with E-state index in [-0.39, 0.29) is 24.9 Å². The molecule has 0 bridgehead atoms. The molecule has 0 saturated carbocycles. The summed E-state index contributed by atoms with van der Waals surface area (Å²) >= 11 is 0. The lowest BCUT2D eigenvalue weighted by atomic mass is 10.0. The van der Waals surface area contributed by atoms with Crippen molar-refractivity contribution in [2.75, 3.05) is 6.61 Å². The first-order chi connectivity index (χ1) is 27.5. The molecule has 0 heterocycles. The minimum Gasteiger partial charge on any atom is -0.462 e. The van der Waals surface area contributed by atoms with Crippen molar-refractivity contribution in [2.24, 2.45) is 0 Å². The number of aliphatic hydroxyl groups is 2. The van der Waals surface area contributed by atoms with Crippen LogP contribution in [0.2, 0.25) is 0 Å². The molecule has 0 radical (unpaired) electrons. The van der Waals surface area contributed by atoms with Crippen molar-refractivity contribution in [3.8, 4) is 0 Å². The van der Waals surface area contributed by atoms with Gasteiger partial charge in [0.25, 0.3) is 0 Å². The molecular weight excluding hydrogens is 695 g/mol. The van der Waals surface area contributed by atoms with Gasteiger partial charge in [-0.3, -0.25) is 9.59 Å².